The number of rotatable bonds is 5. The van der Waals surface area contributed by atoms with Gasteiger partial charge in [0.1, 0.15) is 0 Å². The first-order valence-electron chi connectivity index (χ1n) is 7.10. The molecule has 20 heavy (non-hydrogen) atoms. The van der Waals surface area contributed by atoms with Crippen molar-refractivity contribution >= 4 is 22.9 Å². The molecule has 106 valence electrons. The molecule has 0 spiro atoms. The molecule has 0 atom stereocenters. The molecule has 1 saturated carbocycles. The van der Waals surface area contributed by atoms with Crippen molar-refractivity contribution in [2.24, 2.45) is 0 Å². The summed E-state index contributed by atoms with van der Waals surface area (Å²) in [6.07, 6.45) is 3.47. The Balaban J connectivity index is 1.40. The number of thiazole rings is 1. The van der Waals surface area contributed by atoms with Crippen LogP contribution in [-0.2, 0) is 6.42 Å². The fraction of sp³-hybridized carbons (Fsp3) is 0.438. The highest BCUT2D eigenvalue weighted by molar-refractivity contribution is 7.09. The van der Waals surface area contributed by atoms with Gasteiger partial charge >= 0.3 is 0 Å². The van der Waals surface area contributed by atoms with E-state index in [2.05, 4.69) is 34.7 Å². The third kappa shape index (κ3) is 3.40. The number of hydrogen-bond donors (Lipinski definition) is 1. The molecule has 1 aromatic carbocycles. The van der Waals surface area contributed by atoms with E-state index in [1.807, 2.05) is 12.1 Å². The van der Waals surface area contributed by atoms with Crippen molar-refractivity contribution in [3.63, 3.8) is 0 Å². The van der Waals surface area contributed by atoms with Crippen LogP contribution in [-0.4, -0.2) is 17.6 Å². The standard InChI is InChI=1S/C16H19ClN2S/c1-11-19-15(10-20-11)5-6-18-16-8-13(9-16)12-3-2-4-14(17)7-12/h2-4,7,10,13,16,18H,5-6,8-9H2,1H3. The predicted molar refractivity (Wildman–Crippen MR) is 85.8 cm³/mol. The third-order valence-electron chi connectivity index (χ3n) is 3.94. The second-order valence-electron chi connectivity index (χ2n) is 5.48. The van der Waals surface area contributed by atoms with E-state index >= 15 is 0 Å². The highest BCUT2D eigenvalue weighted by Crippen LogP contribution is 2.37. The number of nitrogens with zero attached hydrogens (tertiary/aromatic N) is 1. The van der Waals surface area contributed by atoms with Crippen molar-refractivity contribution in [2.75, 3.05) is 6.54 Å². The first-order valence-corrected chi connectivity index (χ1v) is 8.36. The maximum absolute atomic E-state index is 6.04. The molecule has 0 amide bonds. The lowest BCUT2D eigenvalue weighted by Crippen LogP contribution is -2.40. The van der Waals surface area contributed by atoms with Gasteiger partial charge in [0, 0.05) is 29.4 Å². The molecule has 4 heteroatoms. The number of aryl methyl sites for hydroxylation is 1. The molecule has 2 nitrogen and oxygen atoms in total. The Bertz CT molecular complexity index is 575. The first kappa shape index (κ1) is 14.1. The lowest BCUT2D eigenvalue weighted by Gasteiger charge is -2.36. The summed E-state index contributed by atoms with van der Waals surface area (Å²) in [6.45, 7) is 3.08. The maximum Gasteiger partial charge on any atom is 0.0897 e. The van der Waals surface area contributed by atoms with Crippen molar-refractivity contribution in [2.45, 2.75) is 38.1 Å². The van der Waals surface area contributed by atoms with E-state index in [1.165, 1.54) is 24.1 Å². The van der Waals surface area contributed by atoms with Gasteiger partial charge in [0.25, 0.3) is 0 Å². The average molecular weight is 307 g/mol. The summed E-state index contributed by atoms with van der Waals surface area (Å²) in [4.78, 5) is 4.49. The Morgan fingerprint density at radius 2 is 2.25 bits per heavy atom. The summed E-state index contributed by atoms with van der Waals surface area (Å²) in [5.41, 5.74) is 2.59. The molecule has 1 N–H and O–H groups in total. The zero-order chi connectivity index (χ0) is 13.9. The second-order valence-corrected chi connectivity index (χ2v) is 6.98. The Hall–Kier alpha value is -0.900. The SMILES string of the molecule is Cc1nc(CCNC2CC(c3cccc(Cl)c3)C2)cs1. The van der Waals surface area contributed by atoms with Gasteiger partial charge in [-0.05, 0) is 43.4 Å². The molecule has 1 fully saturated rings. The van der Waals surface area contributed by atoms with Crippen molar-refractivity contribution in [1.82, 2.24) is 10.3 Å². The van der Waals surface area contributed by atoms with E-state index in [4.69, 9.17) is 11.6 Å². The molecule has 0 aliphatic heterocycles. The molecule has 0 unspecified atom stereocenters. The first-order chi connectivity index (χ1) is 9.70. The maximum atomic E-state index is 6.04. The van der Waals surface area contributed by atoms with Gasteiger partial charge in [-0.1, -0.05) is 23.7 Å². The van der Waals surface area contributed by atoms with Crippen LogP contribution >= 0.6 is 22.9 Å². The van der Waals surface area contributed by atoms with E-state index in [1.54, 1.807) is 11.3 Å². The van der Waals surface area contributed by atoms with Crippen LogP contribution in [0, 0.1) is 6.92 Å². The summed E-state index contributed by atoms with van der Waals surface area (Å²) in [5, 5.41) is 7.78. The molecule has 0 radical (unpaired) electrons. The van der Waals surface area contributed by atoms with E-state index < -0.39 is 0 Å². The molecule has 0 saturated heterocycles. The quantitative estimate of drug-likeness (QED) is 0.896. The minimum Gasteiger partial charge on any atom is -0.314 e. The van der Waals surface area contributed by atoms with Gasteiger partial charge < -0.3 is 5.32 Å². The Morgan fingerprint density at radius 1 is 1.40 bits per heavy atom. The van der Waals surface area contributed by atoms with Gasteiger partial charge in [0.2, 0.25) is 0 Å². The number of hydrogen-bond acceptors (Lipinski definition) is 3. The number of benzene rings is 1. The van der Waals surface area contributed by atoms with E-state index in [0.29, 0.717) is 12.0 Å². The highest BCUT2D eigenvalue weighted by atomic mass is 35.5. The van der Waals surface area contributed by atoms with Gasteiger partial charge in [-0.25, -0.2) is 4.98 Å². The molecule has 1 heterocycles. The molecule has 1 aliphatic carbocycles. The van der Waals surface area contributed by atoms with Gasteiger partial charge in [-0.3, -0.25) is 0 Å². The third-order valence-corrected chi connectivity index (χ3v) is 5.00. The Labute approximate surface area is 129 Å². The minimum atomic E-state index is 0.652. The summed E-state index contributed by atoms with van der Waals surface area (Å²) in [6, 6.07) is 8.92. The lowest BCUT2D eigenvalue weighted by molar-refractivity contribution is 0.292. The van der Waals surface area contributed by atoms with Crippen LogP contribution in [0.5, 0.6) is 0 Å². The van der Waals surface area contributed by atoms with Crippen molar-refractivity contribution in [3.8, 4) is 0 Å². The zero-order valence-corrected chi connectivity index (χ0v) is 13.2. The summed E-state index contributed by atoms with van der Waals surface area (Å²) in [7, 11) is 0. The summed E-state index contributed by atoms with van der Waals surface area (Å²) < 4.78 is 0. The van der Waals surface area contributed by atoms with E-state index in [0.717, 1.165) is 23.0 Å². The lowest BCUT2D eigenvalue weighted by atomic mass is 9.76. The largest absolute Gasteiger partial charge is 0.314 e. The van der Waals surface area contributed by atoms with Gasteiger partial charge in [-0.15, -0.1) is 11.3 Å². The molecular weight excluding hydrogens is 288 g/mol. The summed E-state index contributed by atoms with van der Waals surface area (Å²) >= 11 is 7.77. The smallest absolute Gasteiger partial charge is 0.0897 e. The average Bonchev–Trinajstić information content (AvgIpc) is 2.78. The van der Waals surface area contributed by atoms with Gasteiger partial charge in [0.15, 0.2) is 0 Å². The molecule has 3 rings (SSSR count). The number of halogens is 1. The fourth-order valence-electron chi connectivity index (χ4n) is 2.74. The van der Waals surface area contributed by atoms with Crippen molar-refractivity contribution < 1.29 is 0 Å². The van der Waals surface area contributed by atoms with Crippen LogP contribution in [0.1, 0.15) is 35.0 Å². The summed E-state index contributed by atoms with van der Waals surface area (Å²) in [5.74, 6) is 0.674. The second kappa shape index (κ2) is 6.25. The molecule has 1 aromatic heterocycles. The van der Waals surface area contributed by atoms with Crippen molar-refractivity contribution in [3.05, 3.63) is 50.9 Å². The molecular formula is C16H19ClN2S. The predicted octanol–water partition coefficient (Wildman–Crippen LogP) is 4.18. The zero-order valence-electron chi connectivity index (χ0n) is 11.6. The van der Waals surface area contributed by atoms with Crippen LogP contribution in [0.25, 0.3) is 0 Å². The molecule has 2 aromatic rings. The molecule has 1 aliphatic rings. The van der Waals surface area contributed by atoms with Gasteiger partial charge in [-0.2, -0.15) is 0 Å². The Morgan fingerprint density at radius 3 is 2.95 bits per heavy atom. The monoisotopic (exact) mass is 306 g/mol. The fourth-order valence-corrected chi connectivity index (χ4v) is 3.59. The highest BCUT2D eigenvalue weighted by Gasteiger charge is 2.29. The van der Waals surface area contributed by atoms with Crippen LogP contribution in [0.2, 0.25) is 5.02 Å². The van der Waals surface area contributed by atoms with Crippen LogP contribution in [0.4, 0.5) is 0 Å². The van der Waals surface area contributed by atoms with Crippen LogP contribution < -0.4 is 5.32 Å². The van der Waals surface area contributed by atoms with Crippen LogP contribution in [0.15, 0.2) is 29.6 Å². The number of aromatic nitrogens is 1. The van der Waals surface area contributed by atoms with Crippen molar-refractivity contribution in [1.29, 1.82) is 0 Å². The number of nitrogens with one attached hydrogen (secondary N) is 1. The van der Waals surface area contributed by atoms with E-state index in [9.17, 15) is 0 Å². The topological polar surface area (TPSA) is 24.9 Å². The van der Waals surface area contributed by atoms with Gasteiger partial charge in [0.05, 0.1) is 10.7 Å². The van der Waals surface area contributed by atoms with E-state index in [-0.39, 0.29) is 0 Å². The normalized spacial score (nSPS) is 21.7. The molecule has 0 bridgehead atoms. The minimum absolute atomic E-state index is 0.652. The van der Waals surface area contributed by atoms with Crippen LogP contribution in [0.3, 0.4) is 0 Å². The Kier molecular flexibility index (Phi) is 4.39.